The van der Waals surface area contributed by atoms with Gasteiger partial charge in [0, 0.05) is 6.54 Å². The van der Waals surface area contributed by atoms with Crippen LogP contribution in [-0.2, 0) is 6.54 Å². The van der Waals surface area contributed by atoms with Gasteiger partial charge in [-0.2, -0.15) is 0 Å². The van der Waals surface area contributed by atoms with Gasteiger partial charge in [-0.05, 0) is 31.2 Å². The van der Waals surface area contributed by atoms with Crippen molar-refractivity contribution in [1.82, 2.24) is 5.32 Å². The molecule has 0 bridgehead atoms. The largest absolute Gasteiger partial charge is 0.486 e. The summed E-state index contributed by atoms with van der Waals surface area (Å²) in [5.41, 5.74) is 2.44. The first kappa shape index (κ1) is 9.34. The quantitative estimate of drug-likeness (QED) is 0.771. The average molecular weight is 193 g/mol. The maximum atomic E-state index is 5.59. The van der Waals surface area contributed by atoms with Crippen LogP contribution in [0.2, 0.25) is 0 Å². The van der Waals surface area contributed by atoms with Crippen LogP contribution in [-0.4, -0.2) is 20.3 Å². The number of hydrogen-bond donors (Lipinski definition) is 1. The lowest BCUT2D eigenvalue weighted by molar-refractivity contribution is 0.170. The van der Waals surface area contributed by atoms with E-state index in [-0.39, 0.29) is 0 Å². The minimum Gasteiger partial charge on any atom is -0.486 e. The summed E-state index contributed by atoms with van der Waals surface area (Å²) in [6.45, 7) is 4.23. The molecule has 2 rings (SSSR count). The van der Waals surface area contributed by atoms with Gasteiger partial charge in [0.15, 0.2) is 11.5 Å². The maximum absolute atomic E-state index is 5.59. The van der Waals surface area contributed by atoms with Crippen molar-refractivity contribution in [3.8, 4) is 11.5 Å². The molecule has 0 amide bonds. The molecule has 0 aliphatic carbocycles. The van der Waals surface area contributed by atoms with Gasteiger partial charge < -0.3 is 14.8 Å². The summed E-state index contributed by atoms with van der Waals surface area (Å²) < 4.78 is 11.1. The Hall–Kier alpha value is -1.22. The zero-order valence-electron chi connectivity index (χ0n) is 8.59. The molecule has 0 saturated heterocycles. The second kappa shape index (κ2) is 3.88. The van der Waals surface area contributed by atoms with E-state index in [1.165, 1.54) is 11.1 Å². The Morgan fingerprint density at radius 2 is 2.07 bits per heavy atom. The summed E-state index contributed by atoms with van der Waals surface area (Å²) in [4.78, 5) is 0. The average Bonchev–Trinajstić information content (AvgIpc) is 2.23. The zero-order chi connectivity index (χ0) is 9.97. The molecule has 1 aromatic carbocycles. The fourth-order valence-corrected chi connectivity index (χ4v) is 1.68. The molecule has 0 fully saturated rings. The lowest BCUT2D eigenvalue weighted by Gasteiger charge is -2.21. The first-order chi connectivity index (χ1) is 6.83. The second-order valence-electron chi connectivity index (χ2n) is 3.40. The molecule has 3 nitrogen and oxygen atoms in total. The lowest BCUT2D eigenvalue weighted by atomic mass is 10.1. The van der Waals surface area contributed by atoms with Gasteiger partial charge in [0.25, 0.3) is 0 Å². The molecule has 76 valence electrons. The van der Waals surface area contributed by atoms with E-state index in [1.54, 1.807) is 0 Å². The third kappa shape index (κ3) is 1.55. The highest BCUT2D eigenvalue weighted by Gasteiger charge is 2.15. The number of ether oxygens (including phenoxy) is 2. The first-order valence-corrected chi connectivity index (χ1v) is 4.85. The molecule has 0 radical (unpaired) electrons. The second-order valence-corrected chi connectivity index (χ2v) is 3.40. The van der Waals surface area contributed by atoms with Gasteiger partial charge in [0.1, 0.15) is 13.2 Å². The molecule has 0 aromatic heterocycles. The van der Waals surface area contributed by atoms with E-state index in [9.17, 15) is 0 Å². The zero-order valence-corrected chi connectivity index (χ0v) is 8.59. The van der Waals surface area contributed by atoms with Crippen LogP contribution in [0.1, 0.15) is 11.1 Å². The molecular weight excluding hydrogens is 178 g/mol. The van der Waals surface area contributed by atoms with E-state index < -0.39 is 0 Å². The third-order valence-corrected chi connectivity index (χ3v) is 2.44. The Balaban J connectivity index is 2.38. The van der Waals surface area contributed by atoms with Gasteiger partial charge in [-0.15, -0.1) is 0 Å². The molecular formula is C11H15NO2. The Labute approximate surface area is 84.0 Å². The molecule has 3 heteroatoms. The summed E-state index contributed by atoms with van der Waals surface area (Å²) in [7, 11) is 1.94. The lowest BCUT2D eigenvalue weighted by Crippen LogP contribution is -2.17. The fourth-order valence-electron chi connectivity index (χ4n) is 1.68. The smallest absolute Gasteiger partial charge is 0.164 e. The minimum atomic E-state index is 0.650. The molecule has 1 aromatic rings. The van der Waals surface area contributed by atoms with Gasteiger partial charge in [0.05, 0.1) is 0 Å². The number of benzene rings is 1. The van der Waals surface area contributed by atoms with Crippen LogP contribution in [0.4, 0.5) is 0 Å². The molecule has 1 heterocycles. The monoisotopic (exact) mass is 193 g/mol. The number of hydrogen-bond acceptors (Lipinski definition) is 3. The van der Waals surface area contributed by atoms with Gasteiger partial charge in [-0.3, -0.25) is 0 Å². The van der Waals surface area contributed by atoms with Crippen molar-refractivity contribution in [2.45, 2.75) is 13.5 Å². The standard InChI is InChI=1S/C11H15NO2/c1-8-9(7-12-2)3-4-10-11(8)14-6-5-13-10/h3-4,12H,5-7H2,1-2H3. The molecule has 14 heavy (non-hydrogen) atoms. The molecule has 1 aliphatic rings. The summed E-state index contributed by atoms with van der Waals surface area (Å²) in [5.74, 6) is 1.78. The third-order valence-electron chi connectivity index (χ3n) is 2.44. The summed E-state index contributed by atoms with van der Waals surface area (Å²) in [6, 6.07) is 4.06. The predicted octanol–water partition coefficient (Wildman–Crippen LogP) is 1.49. The topological polar surface area (TPSA) is 30.5 Å². The van der Waals surface area contributed by atoms with Crippen molar-refractivity contribution in [3.05, 3.63) is 23.3 Å². The van der Waals surface area contributed by atoms with E-state index in [1.807, 2.05) is 13.1 Å². The highest BCUT2D eigenvalue weighted by atomic mass is 16.6. The van der Waals surface area contributed by atoms with Crippen molar-refractivity contribution >= 4 is 0 Å². The Morgan fingerprint density at radius 3 is 2.86 bits per heavy atom. The van der Waals surface area contributed by atoms with Crippen LogP contribution >= 0.6 is 0 Å². The number of rotatable bonds is 2. The normalized spacial score (nSPS) is 14.1. The van der Waals surface area contributed by atoms with Crippen LogP contribution in [0.5, 0.6) is 11.5 Å². The van der Waals surface area contributed by atoms with Crippen molar-refractivity contribution in [1.29, 1.82) is 0 Å². The van der Waals surface area contributed by atoms with Crippen molar-refractivity contribution < 1.29 is 9.47 Å². The van der Waals surface area contributed by atoms with Crippen LogP contribution < -0.4 is 14.8 Å². The maximum Gasteiger partial charge on any atom is 0.164 e. The van der Waals surface area contributed by atoms with E-state index >= 15 is 0 Å². The molecule has 0 saturated carbocycles. The van der Waals surface area contributed by atoms with Gasteiger partial charge in [-0.25, -0.2) is 0 Å². The molecule has 1 aliphatic heterocycles. The number of nitrogens with one attached hydrogen (secondary N) is 1. The number of fused-ring (bicyclic) bond motifs is 1. The molecule has 1 N–H and O–H groups in total. The van der Waals surface area contributed by atoms with Crippen LogP contribution in [0, 0.1) is 6.92 Å². The van der Waals surface area contributed by atoms with Gasteiger partial charge in [0.2, 0.25) is 0 Å². The minimum absolute atomic E-state index is 0.650. The Bertz CT molecular complexity index is 336. The van der Waals surface area contributed by atoms with E-state index in [0.717, 1.165) is 18.0 Å². The highest BCUT2D eigenvalue weighted by molar-refractivity contribution is 5.50. The molecule has 0 atom stereocenters. The van der Waals surface area contributed by atoms with E-state index in [2.05, 4.69) is 18.3 Å². The highest BCUT2D eigenvalue weighted by Crippen LogP contribution is 2.35. The Kier molecular flexibility index (Phi) is 2.59. The SMILES string of the molecule is CNCc1ccc2c(c1C)OCCO2. The predicted molar refractivity (Wildman–Crippen MR) is 54.9 cm³/mol. The molecule has 0 unspecified atom stereocenters. The summed E-state index contributed by atoms with van der Waals surface area (Å²) in [6.07, 6.45) is 0. The Morgan fingerprint density at radius 1 is 1.29 bits per heavy atom. The van der Waals surface area contributed by atoms with Crippen LogP contribution in [0.25, 0.3) is 0 Å². The van der Waals surface area contributed by atoms with Crippen molar-refractivity contribution in [2.24, 2.45) is 0 Å². The van der Waals surface area contributed by atoms with Crippen molar-refractivity contribution in [2.75, 3.05) is 20.3 Å². The van der Waals surface area contributed by atoms with Gasteiger partial charge in [-0.1, -0.05) is 6.07 Å². The first-order valence-electron chi connectivity index (χ1n) is 4.85. The summed E-state index contributed by atoms with van der Waals surface area (Å²) in [5, 5.41) is 3.14. The summed E-state index contributed by atoms with van der Waals surface area (Å²) >= 11 is 0. The van der Waals surface area contributed by atoms with Gasteiger partial charge >= 0.3 is 0 Å². The van der Waals surface area contributed by atoms with E-state index in [0.29, 0.717) is 13.2 Å². The molecule has 0 spiro atoms. The van der Waals surface area contributed by atoms with Crippen LogP contribution in [0.15, 0.2) is 12.1 Å². The fraction of sp³-hybridized carbons (Fsp3) is 0.455. The van der Waals surface area contributed by atoms with Crippen LogP contribution in [0.3, 0.4) is 0 Å². The van der Waals surface area contributed by atoms with Crippen molar-refractivity contribution in [3.63, 3.8) is 0 Å². The van der Waals surface area contributed by atoms with E-state index in [4.69, 9.17) is 9.47 Å².